The fourth-order valence-electron chi connectivity index (χ4n) is 4.06. The second-order valence-corrected chi connectivity index (χ2v) is 10.8. The number of ketones is 1. The third kappa shape index (κ3) is 4.02. The Labute approximate surface area is 172 Å². The molecule has 1 atom stereocenters. The van der Waals surface area contributed by atoms with Crippen LogP contribution in [0.25, 0.3) is 0 Å². The average Bonchev–Trinajstić information content (AvgIpc) is 3.28. The van der Waals surface area contributed by atoms with Crippen molar-refractivity contribution in [2.24, 2.45) is 0 Å². The van der Waals surface area contributed by atoms with Crippen LogP contribution in [0.2, 0.25) is 0 Å². The number of Topliss-reactive ketones (excluding diaryl/α,β-unsaturated/α-hetero) is 1. The standard InChI is InChI=1S/C20H21FN2O4S2/c1-12-9-13(5-6-16(12)21)18(24)10-28-19-15-3-2-4-17(15)23(20(25)22-19)14-7-8-29(26,27)11-14/h5-6,9,14H,2-4,7-8,10-11H2,1H3/t14-/m1/s1. The number of sulfone groups is 1. The van der Waals surface area contributed by atoms with Crippen LogP contribution in [0, 0.1) is 12.7 Å². The lowest BCUT2D eigenvalue weighted by Crippen LogP contribution is -2.31. The second-order valence-electron chi connectivity index (χ2n) is 7.58. The Balaban J connectivity index is 1.58. The first-order chi connectivity index (χ1) is 13.7. The lowest BCUT2D eigenvalue weighted by molar-refractivity contribution is 0.102. The molecular formula is C20H21FN2O4S2. The maximum atomic E-state index is 13.4. The molecule has 1 saturated heterocycles. The summed E-state index contributed by atoms with van der Waals surface area (Å²) < 4.78 is 38.7. The van der Waals surface area contributed by atoms with Crippen molar-refractivity contribution in [3.63, 3.8) is 0 Å². The van der Waals surface area contributed by atoms with Gasteiger partial charge >= 0.3 is 5.69 Å². The Morgan fingerprint density at radius 3 is 2.83 bits per heavy atom. The SMILES string of the molecule is Cc1cc(C(=O)CSc2nc(=O)n([C@@H]3CCS(=O)(=O)C3)c3c2CCC3)ccc1F. The van der Waals surface area contributed by atoms with Crippen molar-refractivity contribution in [2.45, 2.75) is 43.7 Å². The number of carbonyl (C=O) groups excluding carboxylic acids is 1. The van der Waals surface area contributed by atoms with Crippen LogP contribution >= 0.6 is 11.8 Å². The second kappa shape index (κ2) is 7.68. The Morgan fingerprint density at radius 1 is 1.34 bits per heavy atom. The number of carbonyl (C=O) groups is 1. The molecule has 0 radical (unpaired) electrons. The Bertz CT molecular complexity index is 1160. The fourth-order valence-corrected chi connectivity index (χ4v) is 6.73. The van der Waals surface area contributed by atoms with E-state index in [1.165, 1.54) is 30.0 Å². The van der Waals surface area contributed by atoms with Gasteiger partial charge in [-0.1, -0.05) is 11.8 Å². The smallest absolute Gasteiger partial charge is 0.293 e. The third-order valence-electron chi connectivity index (χ3n) is 5.53. The zero-order valence-corrected chi connectivity index (χ0v) is 17.6. The van der Waals surface area contributed by atoms with Crippen LogP contribution in [-0.2, 0) is 22.7 Å². The van der Waals surface area contributed by atoms with Gasteiger partial charge < -0.3 is 0 Å². The monoisotopic (exact) mass is 436 g/mol. The van der Waals surface area contributed by atoms with Crippen molar-refractivity contribution in [1.82, 2.24) is 9.55 Å². The van der Waals surface area contributed by atoms with Gasteiger partial charge in [-0.2, -0.15) is 4.98 Å². The van der Waals surface area contributed by atoms with Gasteiger partial charge in [0.05, 0.1) is 23.3 Å². The summed E-state index contributed by atoms with van der Waals surface area (Å²) in [6, 6.07) is 3.91. The van der Waals surface area contributed by atoms with Gasteiger partial charge in [-0.3, -0.25) is 9.36 Å². The molecule has 9 heteroatoms. The van der Waals surface area contributed by atoms with E-state index >= 15 is 0 Å². The number of hydrogen-bond acceptors (Lipinski definition) is 6. The zero-order valence-electron chi connectivity index (χ0n) is 16.0. The van der Waals surface area contributed by atoms with E-state index in [2.05, 4.69) is 4.98 Å². The Kier molecular flexibility index (Phi) is 5.37. The van der Waals surface area contributed by atoms with Crippen LogP contribution in [0.4, 0.5) is 4.39 Å². The molecule has 0 bridgehead atoms. The summed E-state index contributed by atoms with van der Waals surface area (Å²) in [5.74, 6) is -0.327. The maximum Gasteiger partial charge on any atom is 0.349 e. The topological polar surface area (TPSA) is 86.1 Å². The minimum Gasteiger partial charge on any atom is -0.293 e. The predicted molar refractivity (Wildman–Crippen MR) is 109 cm³/mol. The number of halogens is 1. The van der Waals surface area contributed by atoms with Crippen molar-refractivity contribution in [2.75, 3.05) is 17.3 Å². The first-order valence-electron chi connectivity index (χ1n) is 9.52. The molecule has 2 aromatic rings. The number of benzene rings is 1. The van der Waals surface area contributed by atoms with Gasteiger partial charge in [-0.25, -0.2) is 17.6 Å². The van der Waals surface area contributed by atoms with Crippen LogP contribution < -0.4 is 5.69 Å². The molecule has 154 valence electrons. The molecule has 1 aromatic carbocycles. The van der Waals surface area contributed by atoms with Crippen LogP contribution in [0.3, 0.4) is 0 Å². The number of nitrogens with zero attached hydrogens (tertiary/aromatic N) is 2. The number of aromatic nitrogens is 2. The van der Waals surface area contributed by atoms with Crippen LogP contribution in [-0.4, -0.2) is 41.0 Å². The minimum atomic E-state index is -3.11. The molecule has 0 unspecified atom stereocenters. The highest BCUT2D eigenvalue weighted by molar-refractivity contribution is 8.00. The normalized spacial score (nSPS) is 20.0. The lowest BCUT2D eigenvalue weighted by atomic mass is 10.1. The molecule has 1 fully saturated rings. The van der Waals surface area contributed by atoms with Gasteiger partial charge in [0.1, 0.15) is 10.8 Å². The number of aryl methyl sites for hydroxylation is 1. The summed E-state index contributed by atoms with van der Waals surface area (Å²) >= 11 is 1.22. The van der Waals surface area contributed by atoms with Crippen LogP contribution in [0.5, 0.6) is 0 Å². The summed E-state index contributed by atoms with van der Waals surface area (Å²) in [7, 11) is -3.11. The highest BCUT2D eigenvalue weighted by Gasteiger charge is 2.33. The van der Waals surface area contributed by atoms with Crippen LogP contribution in [0.1, 0.15) is 46.1 Å². The van der Waals surface area contributed by atoms with Crippen molar-refractivity contribution in [3.05, 3.63) is 56.9 Å². The number of hydrogen-bond donors (Lipinski definition) is 0. The maximum absolute atomic E-state index is 13.4. The van der Waals surface area contributed by atoms with E-state index in [0.717, 1.165) is 24.1 Å². The summed E-state index contributed by atoms with van der Waals surface area (Å²) in [4.78, 5) is 29.4. The Morgan fingerprint density at radius 2 is 2.14 bits per heavy atom. The van der Waals surface area contributed by atoms with E-state index in [4.69, 9.17) is 0 Å². The van der Waals surface area contributed by atoms with Gasteiger partial charge in [0.2, 0.25) is 0 Å². The molecule has 0 N–H and O–H groups in total. The first kappa shape index (κ1) is 20.3. The molecule has 2 aliphatic rings. The van der Waals surface area contributed by atoms with E-state index in [9.17, 15) is 22.4 Å². The number of fused-ring (bicyclic) bond motifs is 1. The molecule has 29 heavy (non-hydrogen) atoms. The number of thioether (sulfide) groups is 1. The van der Waals surface area contributed by atoms with E-state index in [-0.39, 0.29) is 34.9 Å². The van der Waals surface area contributed by atoms with Gasteiger partial charge in [0, 0.05) is 16.8 Å². The molecule has 0 amide bonds. The molecule has 4 rings (SSSR count). The molecule has 1 aliphatic carbocycles. The molecule has 1 aromatic heterocycles. The van der Waals surface area contributed by atoms with Crippen LogP contribution in [0.15, 0.2) is 28.0 Å². The summed E-state index contributed by atoms with van der Waals surface area (Å²) in [5, 5.41) is 0.548. The highest BCUT2D eigenvalue weighted by atomic mass is 32.2. The Hall–Kier alpha value is -2.00. The van der Waals surface area contributed by atoms with E-state index in [1.807, 2.05) is 0 Å². The number of rotatable bonds is 5. The van der Waals surface area contributed by atoms with Crippen molar-refractivity contribution in [3.8, 4) is 0 Å². The third-order valence-corrected chi connectivity index (χ3v) is 8.30. The molecule has 0 saturated carbocycles. The summed E-state index contributed by atoms with van der Waals surface area (Å²) in [6.07, 6.45) is 2.78. The highest BCUT2D eigenvalue weighted by Crippen LogP contribution is 2.33. The van der Waals surface area contributed by atoms with Crippen molar-refractivity contribution < 1.29 is 17.6 Å². The fraction of sp³-hybridized carbons (Fsp3) is 0.450. The van der Waals surface area contributed by atoms with E-state index in [0.29, 0.717) is 29.0 Å². The van der Waals surface area contributed by atoms with Gasteiger partial charge in [-0.05, 0) is 56.4 Å². The van der Waals surface area contributed by atoms with E-state index in [1.54, 1.807) is 11.5 Å². The first-order valence-corrected chi connectivity index (χ1v) is 12.3. The molecule has 0 spiro atoms. The quantitative estimate of drug-likeness (QED) is 0.407. The predicted octanol–water partition coefficient (Wildman–Crippen LogP) is 2.51. The summed E-state index contributed by atoms with van der Waals surface area (Å²) in [5.41, 5.74) is 2.20. The zero-order chi connectivity index (χ0) is 20.8. The molecule has 6 nitrogen and oxygen atoms in total. The lowest BCUT2D eigenvalue weighted by Gasteiger charge is -2.18. The van der Waals surface area contributed by atoms with E-state index < -0.39 is 15.5 Å². The molecule has 2 heterocycles. The van der Waals surface area contributed by atoms with Gasteiger partial charge in [0.15, 0.2) is 15.6 Å². The molecular weight excluding hydrogens is 415 g/mol. The molecule has 1 aliphatic heterocycles. The minimum absolute atomic E-state index is 0.0179. The largest absolute Gasteiger partial charge is 0.349 e. The van der Waals surface area contributed by atoms with Crippen molar-refractivity contribution >= 4 is 27.4 Å². The summed E-state index contributed by atoms with van der Waals surface area (Å²) in [6.45, 7) is 1.61. The van der Waals surface area contributed by atoms with Gasteiger partial charge in [-0.15, -0.1) is 0 Å². The average molecular weight is 437 g/mol. The van der Waals surface area contributed by atoms with Gasteiger partial charge in [0.25, 0.3) is 0 Å². The van der Waals surface area contributed by atoms with Crippen molar-refractivity contribution in [1.29, 1.82) is 0 Å².